The molecule has 3 heteroatoms. The topological polar surface area (TPSA) is 48.1 Å². The first-order valence-electron chi connectivity index (χ1n) is 8.15. The van der Waals surface area contributed by atoms with E-state index >= 15 is 0 Å². The molecule has 22 heavy (non-hydrogen) atoms. The second-order valence-electron chi connectivity index (χ2n) is 6.32. The Labute approximate surface area is 132 Å². The monoisotopic (exact) mass is 296 g/mol. The predicted molar refractivity (Wildman–Crippen MR) is 89.7 cm³/mol. The average molecular weight is 296 g/mol. The highest BCUT2D eigenvalue weighted by molar-refractivity contribution is 5.64. The van der Waals surface area contributed by atoms with Gasteiger partial charge in [0.05, 0.1) is 6.61 Å². The molecule has 1 fully saturated rings. The summed E-state index contributed by atoms with van der Waals surface area (Å²) in [5.41, 5.74) is 8.52. The largest absolute Gasteiger partial charge is 0.493 e. The first-order valence-corrected chi connectivity index (χ1v) is 8.15. The molecule has 0 saturated heterocycles. The van der Waals surface area contributed by atoms with Crippen molar-refractivity contribution in [1.29, 1.82) is 0 Å². The van der Waals surface area contributed by atoms with Gasteiger partial charge in [0.15, 0.2) is 0 Å². The minimum atomic E-state index is 0.172. The molecular formula is C19H24N2O. The van der Waals surface area contributed by atoms with Crippen LogP contribution in [0.2, 0.25) is 0 Å². The maximum atomic E-state index is 6.11. The van der Waals surface area contributed by atoms with Gasteiger partial charge in [0.1, 0.15) is 5.75 Å². The maximum Gasteiger partial charge on any atom is 0.119 e. The molecule has 0 spiro atoms. The van der Waals surface area contributed by atoms with Gasteiger partial charge in [-0.1, -0.05) is 31.4 Å². The first-order chi connectivity index (χ1) is 10.8. The Morgan fingerprint density at radius 2 is 1.77 bits per heavy atom. The summed E-state index contributed by atoms with van der Waals surface area (Å²) < 4.78 is 6.11. The molecule has 0 amide bonds. The fraction of sp³-hybridized carbons (Fsp3) is 0.421. The van der Waals surface area contributed by atoms with Crippen LogP contribution in [-0.4, -0.2) is 18.1 Å². The van der Waals surface area contributed by atoms with Crippen LogP contribution in [0.5, 0.6) is 5.75 Å². The molecule has 1 aliphatic rings. The van der Waals surface area contributed by atoms with E-state index in [4.69, 9.17) is 10.5 Å². The third kappa shape index (κ3) is 3.47. The fourth-order valence-electron chi connectivity index (χ4n) is 3.26. The smallest absolute Gasteiger partial charge is 0.119 e. The number of hydrogen-bond donors (Lipinski definition) is 1. The van der Waals surface area contributed by atoms with E-state index in [0.717, 1.165) is 30.0 Å². The van der Waals surface area contributed by atoms with E-state index in [0.29, 0.717) is 0 Å². The van der Waals surface area contributed by atoms with E-state index in [1.807, 2.05) is 36.7 Å². The molecule has 116 valence electrons. The quantitative estimate of drug-likeness (QED) is 0.906. The van der Waals surface area contributed by atoms with Crippen LogP contribution in [0.15, 0.2) is 48.8 Å². The fourth-order valence-corrected chi connectivity index (χ4v) is 3.26. The van der Waals surface area contributed by atoms with Crippen LogP contribution in [0.25, 0.3) is 11.1 Å². The first kappa shape index (κ1) is 15.0. The van der Waals surface area contributed by atoms with Crippen molar-refractivity contribution in [3.63, 3.8) is 0 Å². The van der Waals surface area contributed by atoms with Gasteiger partial charge in [0, 0.05) is 24.4 Å². The number of rotatable bonds is 5. The van der Waals surface area contributed by atoms with Crippen LogP contribution in [-0.2, 0) is 0 Å². The van der Waals surface area contributed by atoms with E-state index < -0.39 is 0 Å². The molecule has 3 nitrogen and oxygen atoms in total. The summed E-state index contributed by atoms with van der Waals surface area (Å²) in [6.07, 6.45) is 9.89. The minimum Gasteiger partial charge on any atom is -0.493 e. The number of pyridine rings is 1. The molecule has 0 unspecified atom stereocenters. The molecule has 1 aromatic carbocycles. The number of aromatic nitrogens is 1. The van der Waals surface area contributed by atoms with Gasteiger partial charge in [0.25, 0.3) is 0 Å². The SMILES string of the molecule is NCC1(COc2cccc(-c3ccncc3)c2)CCCCC1. The van der Waals surface area contributed by atoms with Crippen LogP contribution in [0.1, 0.15) is 32.1 Å². The number of nitrogens with two attached hydrogens (primary N) is 1. The lowest BCUT2D eigenvalue weighted by Gasteiger charge is -2.35. The van der Waals surface area contributed by atoms with Gasteiger partial charge in [-0.05, 0) is 48.2 Å². The van der Waals surface area contributed by atoms with Gasteiger partial charge in [-0.15, -0.1) is 0 Å². The Bertz CT molecular complexity index is 591. The Balaban J connectivity index is 1.70. The van der Waals surface area contributed by atoms with Crippen molar-refractivity contribution >= 4 is 0 Å². The van der Waals surface area contributed by atoms with E-state index in [-0.39, 0.29) is 5.41 Å². The molecule has 1 aliphatic carbocycles. The second kappa shape index (κ2) is 6.93. The van der Waals surface area contributed by atoms with Gasteiger partial charge in [-0.2, -0.15) is 0 Å². The van der Waals surface area contributed by atoms with Crippen LogP contribution >= 0.6 is 0 Å². The Morgan fingerprint density at radius 3 is 2.50 bits per heavy atom. The van der Waals surface area contributed by atoms with E-state index in [9.17, 15) is 0 Å². The van der Waals surface area contributed by atoms with Crippen LogP contribution < -0.4 is 10.5 Å². The molecule has 1 saturated carbocycles. The summed E-state index contributed by atoms with van der Waals surface area (Å²) in [4.78, 5) is 4.07. The molecular weight excluding hydrogens is 272 g/mol. The summed E-state index contributed by atoms with van der Waals surface area (Å²) in [6.45, 7) is 1.44. The standard InChI is InChI=1S/C19H24N2O/c20-14-19(9-2-1-3-10-19)15-22-18-6-4-5-17(13-18)16-7-11-21-12-8-16/h4-8,11-13H,1-3,9-10,14-15,20H2. The van der Waals surface area contributed by atoms with Crippen molar-refractivity contribution < 1.29 is 4.74 Å². The molecule has 1 aromatic heterocycles. The summed E-state index contributed by atoms with van der Waals surface area (Å²) in [5.74, 6) is 0.924. The number of benzene rings is 1. The normalized spacial score (nSPS) is 17.1. The number of hydrogen-bond acceptors (Lipinski definition) is 3. The third-order valence-electron chi connectivity index (χ3n) is 4.74. The van der Waals surface area contributed by atoms with Crippen molar-refractivity contribution in [2.75, 3.05) is 13.2 Å². The Hall–Kier alpha value is -1.87. The van der Waals surface area contributed by atoms with Crippen LogP contribution in [0.4, 0.5) is 0 Å². The molecule has 0 radical (unpaired) electrons. The Kier molecular flexibility index (Phi) is 4.74. The predicted octanol–water partition coefficient (Wildman–Crippen LogP) is 4.04. The molecule has 0 bridgehead atoms. The minimum absolute atomic E-state index is 0.172. The molecule has 2 aromatic rings. The van der Waals surface area contributed by atoms with Crippen molar-refractivity contribution in [3.8, 4) is 16.9 Å². The van der Waals surface area contributed by atoms with Gasteiger partial charge in [-0.3, -0.25) is 4.98 Å². The van der Waals surface area contributed by atoms with Crippen molar-refractivity contribution in [2.24, 2.45) is 11.1 Å². The van der Waals surface area contributed by atoms with Gasteiger partial charge < -0.3 is 10.5 Å². The van der Waals surface area contributed by atoms with Crippen molar-refractivity contribution in [3.05, 3.63) is 48.8 Å². The van der Waals surface area contributed by atoms with Gasteiger partial charge >= 0.3 is 0 Å². The molecule has 3 rings (SSSR count). The van der Waals surface area contributed by atoms with E-state index in [1.54, 1.807) is 0 Å². The lowest BCUT2D eigenvalue weighted by Crippen LogP contribution is -2.38. The number of nitrogens with zero attached hydrogens (tertiary/aromatic N) is 1. The van der Waals surface area contributed by atoms with Crippen molar-refractivity contribution in [1.82, 2.24) is 4.98 Å². The van der Waals surface area contributed by atoms with Gasteiger partial charge in [-0.25, -0.2) is 0 Å². The number of ether oxygens (including phenoxy) is 1. The molecule has 2 N–H and O–H groups in total. The van der Waals surface area contributed by atoms with Crippen molar-refractivity contribution in [2.45, 2.75) is 32.1 Å². The van der Waals surface area contributed by atoms with E-state index in [1.165, 1.54) is 32.1 Å². The third-order valence-corrected chi connectivity index (χ3v) is 4.74. The lowest BCUT2D eigenvalue weighted by molar-refractivity contribution is 0.105. The van der Waals surface area contributed by atoms with Gasteiger partial charge in [0.2, 0.25) is 0 Å². The Morgan fingerprint density at radius 1 is 1.00 bits per heavy atom. The maximum absolute atomic E-state index is 6.11. The highest BCUT2D eigenvalue weighted by Gasteiger charge is 2.31. The summed E-state index contributed by atoms with van der Waals surface area (Å²) in [7, 11) is 0. The van der Waals surface area contributed by atoms with Crippen LogP contribution in [0.3, 0.4) is 0 Å². The van der Waals surface area contributed by atoms with Crippen LogP contribution in [0, 0.1) is 5.41 Å². The highest BCUT2D eigenvalue weighted by atomic mass is 16.5. The summed E-state index contributed by atoms with van der Waals surface area (Å²) in [6, 6.07) is 12.3. The molecule has 0 aliphatic heterocycles. The molecule has 1 heterocycles. The summed E-state index contributed by atoms with van der Waals surface area (Å²) >= 11 is 0. The van der Waals surface area contributed by atoms with E-state index in [2.05, 4.69) is 17.1 Å². The zero-order valence-electron chi connectivity index (χ0n) is 13.0. The summed E-state index contributed by atoms with van der Waals surface area (Å²) in [5, 5.41) is 0. The average Bonchev–Trinajstić information content (AvgIpc) is 2.62. The zero-order chi connectivity index (χ0) is 15.3. The zero-order valence-corrected chi connectivity index (χ0v) is 13.0. The lowest BCUT2D eigenvalue weighted by atomic mass is 9.75. The molecule has 0 atom stereocenters. The second-order valence-corrected chi connectivity index (χ2v) is 6.32. The highest BCUT2D eigenvalue weighted by Crippen LogP contribution is 2.36.